The Morgan fingerprint density at radius 1 is 1.13 bits per heavy atom. The number of nitrogens with one attached hydrogen (secondary N) is 1. The van der Waals surface area contributed by atoms with Gasteiger partial charge in [-0.05, 0) is 24.3 Å². The van der Waals surface area contributed by atoms with E-state index in [1.54, 1.807) is 0 Å². The standard InChI is InChI=1S/C19H12F4N6O2/c20-12-2-1-3-13(16(12)14-8-25-9-31-14)29-17(24)11(7-27-29)18(30)28-15-5-4-10(6-26-15)19(21,22)23/h1-9H,24H2,(H,26,28,30). The molecule has 158 valence electrons. The molecule has 0 radical (unpaired) electrons. The number of amides is 1. The van der Waals surface area contributed by atoms with Gasteiger partial charge < -0.3 is 15.5 Å². The lowest BCUT2D eigenvalue weighted by Gasteiger charge is -2.10. The summed E-state index contributed by atoms with van der Waals surface area (Å²) in [5.41, 5.74) is 5.23. The normalized spacial score (nSPS) is 11.5. The number of nitrogens with two attached hydrogens (primary N) is 1. The minimum absolute atomic E-state index is 0.0335. The highest BCUT2D eigenvalue weighted by Crippen LogP contribution is 2.32. The molecule has 31 heavy (non-hydrogen) atoms. The fourth-order valence-corrected chi connectivity index (χ4v) is 2.82. The maximum atomic E-state index is 14.5. The number of oxazole rings is 1. The second kappa shape index (κ2) is 7.55. The van der Waals surface area contributed by atoms with Gasteiger partial charge in [-0.1, -0.05) is 6.07 Å². The summed E-state index contributed by atoms with van der Waals surface area (Å²) in [5, 5.41) is 6.38. The van der Waals surface area contributed by atoms with E-state index in [-0.39, 0.29) is 34.2 Å². The SMILES string of the molecule is Nc1c(C(=O)Nc2ccc(C(F)(F)F)cn2)cnn1-c1cccc(F)c1-c1cnco1. The van der Waals surface area contributed by atoms with Gasteiger partial charge >= 0.3 is 6.18 Å². The molecular formula is C19H12F4N6O2. The van der Waals surface area contributed by atoms with Crippen LogP contribution in [0.2, 0.25) is 0 Å². The van der Waals surface area contributed by atoms with Crippen molar-refractivity contribution in [2.24, 2.45) is 0 Å². The van der Waals surface area contributed by atoms with Crippen molar-refractivity contribution in [1.82, 2.24) is 19.7 Å². The van der Waals surface area contributed by atoms with Crippen LogP contribution in [-0.4, -0.2) is 25.7 Å². The van der Waals surface area contributed by atoms with Crippen LogP contribution in [0, 0.1) is 5.82 Å². The van der Waals surface area contributed by atoms with Crippen molar-refractivity contribution in [2.75, 3.05) is 11.1 Å². The zero-order chi connectivity index (χ0) is 22.2. The molecule has 8 nitrogen and oxygen atoms in total. The Bertz CT molecular complexity index is 1230. The Labute approximate surface area is 171 Å². The molecule has 0 saturated carbocycles. The van der Waals surface area contributed by atoms with Gasteiger partial charge in [-0.25, -0.2) is 19.0 Å². The number of halogens is 4. The van der Waals surface area contributed by atoms with E-state index in [4.69, 9.17) is 10.2 Å². The molecule has 0 unspecified atom stereocenters. The molecular weight excluding hydrogens is 420 g/mol. The van der Waals surface area contributed by atoms with Crippen molar-refractivity contribution in [2.45, 2.75) is 6.18 Å². The zero-order valence-electron chi connectivity index (χ0n) is 15.4. The van der Waals surface area contributed by atoms with E-state index >= 15 is 0 Å². The first-order valence-electron chi connectivity index (χ1n) is 8.61. The van der Waals surface area contributed by atoms with Gasteiger partial charge in [0, 0.05) is 6.20 Å². The Balaban J connectivity index is 1.64. The lowest BCUT2D eigenvalue weighted by Crippen LogP contribution is -2.15. The Morgan fingerprint density at radius 2 is 1.94 bits per heavy atom. The van der Waals surface area contributed by atoms with Crippen molar-refractivity contribution < 1.29 is 26.8 Å². The summed E-state index contributed by atoms with van der Waals surface area (Å²) in [4.78, 5) is 19.9. The third-order valence-corrected chi connectivity index (χ3v) is 4.28. The molecule has 3 N–H and O–H groups in total. The minimum atomic E-state index is -4.55. The van der Waals surface area contributed by atoms with Gasteiger partial charge in [-0.3, -0.25) is 4.79 Å². The molecule has 0 aliphatic carbocycles. The van der Waals surface area contributed by atoms with Crippen molar-refractivity contribution in [1.29, 1.82) is 0 Å². The summed E-state index contributed by atoms with van der Waals surface area (Å²) < 4.78 is 58.7. The third-order valence-electron chi connectivity index (χ3n) is 4.28. The first-order valence-corrected chi connectivity index (χ1v) is 8.61. The van der Waals surface area contributed by atoms with Crippen LogP contribution in [0.25, 0.3) is 17.0 Å². The summed E-state index contributed by atoms with van der Waals surface area (Å²) in [6.45, 7) is 0. The van der Waals surface area contributed by atoms with E-state index in [2.05, 4.69) is 20.4 Å². The number of anilines is 2. The minimum Gasteiger partial charge on any atom is -0.443 e. The van der Waals surface area contributed by atoms with Crippen molar-refractivity contribution in [3.05, 3.63) is 72.3 Å². The van der Waals surface area contributed by atoms with E-state index < -0.39 is 23.5 Å². The molecule has 0 aliphatic rings. The monoisotopic (exact) mass is 432 g/mol. The number of rotatable bonds is 4. The highest BCUT2D eigenvalue weighted by atomic mass is 19.4. The van der Waals surface area contributed by atoms with Crippen LogP contribution in [0.4, 0.5) is 29.2 Å². The van der Waals surface area contributed by atoms with E-state index in [0.29, 0.717) is 6.20 Å². The van der Waals surface area contributed by atoms with Crippen LogP contribution in [0.5, 0.6) is 0 Å². The second-order valence-corrected chi connectivity index (χ2v) is 6.24. The smallest absolute Gasteiger partial charge is 0.417 e. The quantitative estimate of drug-likeness (QED) is 0.473. The molecule has 0 bridgehead atoms. The molecule has 4 aromatic rings. The van der Waals surface area contributed by atoms with Gasteiger partial charge in [0.05, 0.1) is 29.2 Å². The molecule has 0 fully saturated rings. The maximum absolute atomic E-state index is 14.5. The number of carbonyl (C=O) groups excluding carboxylic acids is 1. The maximum Gasteiger partial charge on any atom is 0.417 e. The predicted octanol–water partition coefficient (Wildman–Crippen LogP) is 3.91. The van der Waals surface area contributed by atoms with Gasteiger partial charge in [-0.2, -0.15) is 18.3 Å². The summed E-state index contributed by atoms with van der Waals surface area (Å²) >= 11 is 0. The van der Waals surface area contributed by atoms with Gasteiger partial charge in [0.1, 0.15) is 23.0 Å². The lowest BCUT2D eigenvalue weighted by atomic mass is 10.1. The number of aromatic nitrogens is 4. The first-order chi connectivity index (χ1) is 14.8. The third kappa shape index (κ3) is 3.82. The van der Waals surface area contributed by atoms with Crippen LogP contribution in [0.15, 0.2) is 59.7 Å². The van der Waals surface area contributed by atoms with Crippen LogP contribution < -0.4 is 11.1 Å². The molecule has 0 aliphatic heterocycles. The zero-order valence-corrected chi connectivity index (χ0v) is 15.4. The number of alkyl halides is 3. The highest BCUT2D eigenvalue weighted by molar-refractivity contribution is 6.06. The van der Waals surface area contributed by atoms with Crippen molar-refractivity contribution in [3.63, 3.8) is 0 Å². The number of nitrogen functional groups attached to an aromatic ring is 1. The summed E-state index contributed by atoms with van der Waals surface area (Å²) in [7, 11) is 0. The highest BCUT2D eigenvalue weighted by Gasteiger charge is 2.30. The molecule has 3 heterocycles. The average Bonchev–Trinajstić information content (AvgIpc) is 3.37. The number of pyridine rings is 1. The van der Waals surface area contributed by atoms with Crippen LogP contribution in [0.3, 0.4) is 0 Å². The van der Waals surface area contributed by atoms with Gasteiger partial charge in [0.15, 0.2) is 12.2 Å². The van der Waals surface area contributed by atoms with Gasteiger partial charge in [0.2, 0.25) is 0 Å². The van der Waals surface area contributed by atoms with E-state index in [0.717, 1.165) is 29.4 Å². The van der Waals surface area contributed by atoms with E-state index in [9.17, 15) is 22.4 Å². The number of hydrogen-bond donors (Lipinski definition) is 2. The summed E-state index contributed by atoms with van der Waals surface area (Å²) in [5.74, 6) is -1.49. The molecule has 4 rings (SSSR count). The Kier molecular flexibility index (Phi) is 4.89. The Morgan fingerprint density at radius 3 is 2.58 bits per heavy atom. The predicted molar refractivity (Wildman–Crippen MR) is 101 cm³/mol. The molecule has 3 aromatic heterocycles. The number of benzene rings is 1. The van der Waals surface area contributed by atoms with Crippen molar-refractivity contribution in [3.8, 4) is 17.0 Å². The molecule has 0 saturated heterocycles. The molecule has 1 amide bonds. The lowest BCUT2D eigenvalue weighted by molar-refractivity contribution is -0.137. The summed E-state index contributed by atoms with van der Waals surface area (Å²) in [6, 6.07) is 5.95. The van der Waals surface area contributed by atoms with Crippen LogP contribution in [-0.2, 0) is 6.18 Å². The van der Waals surface area contributed by atoms with E-state index in [1.807, 2.05) is 0 Å². The fraction of sp³-hybridized carbons (Fsp3) is 0.0526. The number of nitrogens with zero attached hydrogens (tertiary/aromatic N) is 4. The largest absolute Gasteiger partial charge is 0.443 e. The molecule has 0 atom stereocenters. The van der Waals surface area contributed by atoms with Crippen molar-refractivity contribution >= 4 is 17.5 Å². The number of carbonyl (C=O) groups is 1. The van der Waals surface area contributed by atoms with Crippen LogP contribution >= 0.6 is 0 Å². The Hall–Kier alpha value is -4.22. The first kappa shape index (κ1) is 20.1. The average molecular weight is 432 g/mol. The van der Waals surface area contributed by atoms with Gasteiger partial charge in [-0.15, -0.1) is 0 Å². The molecule has 12 heteroatoms. The fourth-order valence-electron chi connectivity index (χ4n) is 2.82. The van der Waals surface area contributed by atoms with Gasteiger partial charge in [0.25, 0.3) is 5.91 Å². The van der Waals surface area contributed by atoms with Crippen LogP contribution in [0.1, 0.15) is 15.9 Å². The van der Waals surface area contributed by atoms with E-state index in [1.165, 1.54) is 24.4 Å². The number of hydrogen-bond acceptors (Lipinski definition) is 6. The second-order valence-electron chi connectivity index (χ2n) is 6.24. The summed E-state index contributed by atoms with van der Waals surface area (Å²) in [6.07, 6.45) is -0.366. The molecule has 0 spiro atoms. The molecule has 1 aromatic carbocycles. The topological polar surface area (TPSA) is 112 Å².